The fraction of sp³-hybridized carbons (Fsp3) is 0.500. The van der Waals surface area contributed by atoms with Crippen LogP contribution in [-0.4, -0.2) is 6.54 Å². The van der Waals surface area contributed by atoms with Gasteiger partial charge in [0.2, 0.25) is 0 Å². The predicted molar refractivity (Wildman–Crippen MR) is 70.6 cm³/mol. The average molecular weight is 229 g/mol. The van der Waals surface area contributed by atoms with Crippen LogP contribution in [0.1, 0.15) is 37.7 Å². The summed E-state index contributed by atoms with van der Waals surface area (Å²) in [7, 11) is 0. The van der Waals surface area contributed by atoms with Crippen molar-refractivity contribution < 1.29 is 0 Å². The van der Waals surface area contributed by atoms with Crippen LogP contribution in [0.4, 0.5) is 11.4 Å². The van der Waals surface area contributed by atoms with E-state index in [1.807, 2.05) is 12.1 Å². The third-order valence-electron chi connectivity index (χ3n) is 3.53. The molecule has 90 valence electrons. The number of nitriles is 1. The highest BCUT2D eigenvalue weighted by Crippen LogP contribution is 2.26. The molecule has 3 heteroatoms. The fourth-order valence-electron chi connectivity index (χ4n) is 2.46. The van der Waals surface area contributed by atoms with Gasteiger partial charge in [0.15, 0.2) is 0 Å². The first-order valence-corrected chi connectivity index (χ1v) is 6.33. The molecule has 1 aromatic rings. The summed E-state index contributed by atoms with van der Waals surface area (Å²) in [5, 5.41) is 12.3. The number of nitrogens with one attached hydrogen (secondary N) is 1. The maximum absolute atomic E-state index is 8.90. The molecule has 0 amide bonds. The second-order valence-electron chi connectivity index (χ2n) is 4.76. The second kappa shape index (κ2) is 5.58. The molecule has 0 aromatic heterocycles. The molecule has 17 heavy (non-hydrogen) atoms. The number of anilines is 2. The summed E-state index contributed by atoms with van der Waals surface area (Å²) in [6.07, 6.45) is 6.69. The zero-order valence-corrected chi connectivity index (χ0v) is 10.1. The smallest absolute Gasteiger partial charge is 0.101 e. The van der Waals surface area contributed by atoms with E-state index in [0.29, 0.717) is 11.3 Å². The van der Waals surface area contributed by atoms with Crippen molar-refractivity contribution in [1.82, 2.24) is 0 Å². The third-order valence-corrected chi connectivity index (χ3v) is 3.53. The Balaban J connectivity index is 1.96. The molecule has 1 aliphatic rings. The molecule has 1 aliphatic carbocycles. The van der Waals surface area contributed by atoms with Crippen molar-refractivity contribution in [3.05, 3.63) is 23.8 Å². The molecule has 0 saturated heterocycles. The quantitative estimate of drug-likeness (QED) is 0.783. The van der Waals surface area contributed by atoms with Crippen molar-refractivity contribution in [1.29, 1.82) is 5.26 Å². The van der Waals surface area contributed by atoms with E-state index in [-0.39, 0.29) is 0 Å². The number of para-hydroxylation sites is 1. The van der Waals surface area contributed by atoms with E-state index >= 15 is 0 Å². The lowest BCUT2D eigenvalue weighted by Crippen LogP contribution is -2.17. The summed E-state index contributed by atoms with van der Waals surface area (Å²) >= 11 is 0. The van der Waals surface area contributed by atoms with Crippen LogP contribution in [0.25, 0.3) is 0 Å². The van der Waals surface area contributed by atoms with Gasteiger partial charge in [-0.15, -0.1) is 0 Å². The molecule has 0 atom stereocenters. The minimum absolute atomic E-state index is 0.554. The van der Waals surface area contributed by atoms with E-state index in [4.69, 9.17) is 11.0 Å². The molecule has 0 heterocycles. The van der Waals surface area contributed by atoms with E-state index in [0.717, 1.165) is 18.2 Å². The van der Waals surface area contributed by atoms with Gasteiger partial charge < -0.3 is 11.1 Å². The van der Waals surface area contributed by atoms with Gasteiger partial charge in [0.25, 0.3) is 0 Å². The summed E-state index contributed by atoms with van der Waals surface area (Å²) in [6.45, 7) is 0.971. The Morgan fingerprint density at radius 2 is 2.06 bits per heavy atom. The van der Waals surface area contributed by atoms with Crippen molar-refractivity contribution in [2.45, 2.75) is 32.1 Å². The van der Waals surface area contributed by atoms with Crippen molar-refractivity contribution in [3.8, 4) is 6.07 Å². The Morgan fingerprint density at radius 1 is 1.29 bits per heavy atom. The normalized spacial score (nSPS) is 16.4. The maximum atomic E-state index is 8.90. The summed E-state index contributed by atoms with van der Waals surface area (Å²) in [4.78, 5) is 0. The number of nitrogens with two attached hydrogens (primary N) is 1. The van der Waals surface area contributed by atoms with Gasteiger partial charge in [0.05, 0.1) is 16.9 Å². The first-order chi connectivity index (χ1) is 8.31. The Kier molecular flexibility index (Phi) is 3.87. The molecule has 1 aromatic carbocycles. The van der Waals surface area contributed by atoms with Crippen molar-refractivity contribution in [2.75, 3.05) is 17.6 Å². The number of hydrogen-bond acceptors (Lipinski definition) is 3. The van der Waals surface area contributed by atoms with E-state index in [1.165, 1.54) is 32.1 Å². The van der Waals surface area contributed by atoms with Crippen LogP contribution in [0, 0.1) is 17.2 Å². The maximum Gasteiger partial charge on any atom is 0.101 e. The Labute approximate surface area is 103 Å². The van der Waals surface area contributed by atoms with Crippen LogP contribution in [0.5, 0.6) is 0 Å². The van der Waals surface area contributed by atoms with E-state index in [9.17, 15) is 0 Å². The third kappa shape index (κ3) is 2.91. The molecule has 0 aliphatic heterocycles. The number of rotatable bonds is 3. The number of hydrogen-bond donors (Lipinski definition) is 2. The molecule has 0 bridgehead atoms. The van der Waals surface area contributed by atoms with E-state index in [1.54, 1.807) is 6.07 Å². The van der Waals surface area contributed by atoms with Gasteiger partial charge in [0.1, 0.15) is 6.07 Å². The Hall–Kier alpha value is -1.69. The first kappa shape index (κ1) is 11.8. The van der Waals surface area contributed by atoms with Gasteiger partial charge in [0, 0.05) is 6.54 Å². The lowest BCUT2D eigenvalue weighted by atomic mass is 9.89. The van der Waals surface area contributed by atoms with Crippen LogP contribution < -0.4 is 11.1 Å². The number of nitrogen functional groups attached to an aromatic ring is 1. The van der Waals surface area contributed by atoms with Crippen molar-refractivity contribution in [3.63, 3.8) is 0 Å². The Bertz CT molecular complexity index is 414. The van der Waals surface area contributed by atoms with E-state index in [2.05, 4.69) is 11.4 Å². The minimum Gasteiger partial charge on any atom is -0.396 e. The highest BCUT2D eigenvalue weighted by molar-refractivity contribution is 5.72. The largest absolute Gasteiger partial charge is 0.396 e. The number of benzene rings is 1. The molecular formula is C14H19N3. The highest BCUT2D eigenvalue weighted by Gasteiger charge is 2.13. The summed E-state index contributed by atoms with van der Waals surface area (Å²) < 4.78 is 0. The highest BCUT2D eigenvalue weighted by atomic mass is 14.9. The van der Waals surface area contributed by atoms with Crippen LogP contribution in [0.15, 0.2) is 18.2 Å². The minimum atomic E-state index is 0.554. The topological polar surface area (TPSA) is 61.8 Å². The molecule has 3 N–H and O–H groups in total. The Morgan fingerprint density at radius 3 is 2.76 bits per heavy atom. The van der Waals surface area contributed by atoms with Gasteiger partial charge in [-0.3, -0.25) is 0 Å². The molecule has 1 saturated carbocycles. The second-order valence-corrected chi connectivity index (χ2v) is 4.76. The zero-order chi connectivity index (χ0) is 12.1. The summed E-state index contributed by atoms with van der Waals surface area (Å²) in [5.74, 6) is 0.758. The van der Waals surface area contributed by atoms with Gasteiger partial charge >= 0.3 is 0 Å². The fourth-order valence-corrected chi connectivity index (χ4v) is 2.46. The molecule has 0 radical (unpaired) electrons. The van der Waals surface area contributed by atoms with E-state index < -0.39 is 0 Å². The van der Waals surface area contributed by atoms with Crippen molar-refractivity contribution >= 4 is 11.4 Å². The van der Waals surface area contributed by atoms with Crippen molar-refractivity contribution in [2.24, 2.45) is 5.92 Å². The van der Waals surface area contributed by atoms with Crippen LogP contribution in [0.3, 0.4) is 0 Å². The van der Waals surface area contributed by atoms with Gasteiger partial charge in [-0.25, -0.2) is 0 Å². The summed E-state index contributed by atoms with van der Waals surface area (Å²) in [5.41, 5.74) is 7.95. The lowest BCUT2D eigenvalue weighted by Gasteiger charge is -2.22. The molecule has 1 fully saturated rings. The lowest BCUT2D eigenvalue weighted by molar-refractivity contribution is 0.373. The molecule has 2 rings (SSSR count). The standard InChI is InChI=1S/C14H19N3/c15-9-12-7-4-8-13(14(12)16)17-10-11-5-2-1-3-6-11/h4,7-8,11,17H,1-3,5-6,10,16H2. The van der Waals surface area contributed by atoms with Gasteiger partial charge in [-0.05, 0) is 30.9 Å². The molecule has 0 unspecified atom stereocenters. The molecular weight excluding hydrogens is 210 g/mol. The van der Waals surface area contributed by atoms with Crippen LogP contribution in [-0.2, 0) is 0 Å². The first-order valence-electron chi connectivity index (χ1n) is 6.33. The summed E-state index contributed by atoms with van der Waals surface area (Å²) in [6, 6.07) is 7.68. The molecule has 0 spiro atoms. The van der Waals surface area contributed by atoms with Crippen LogP contribution >= 0.6 is 0 Å². The van der Waals surface area contributed by atoms with Crippen LogP contribution in [0.2, 0.25) is 0 Å². The predicted octanol–water partition coefficient (Wildman–Crippen LogP) is 3.13. The average Bonchev–Trinajstić information content (AvgIpc) is 2.39. The number of nitrogens with zero attached hydrogens (tertiary/aromatic N) is 1. The van der Waals surface area contributed by atoms with Gasteiger partial charge in [-0.2, -0.15) is 5.26 Å². The monoisotopic (exact) mass is 229 g/mol. The zero-order valence-electron chi connectivity index (χ0n) is 10.1. The molecule has 3 nitrogen and oxygen atoms in total. The van der Waals surface area contributed by atoms with Gasteiger partial charge in [-0.1, -0.05) is 25.3 Å². The SMILES string of the molecule is N#Cc1cccc(NCC2CCCCC2)c1N.